The summed E-state index contributed by atoms with van der Waals surface area (Å²) in [5.41, 5.74) is 0.259. The first-order chi connectivity index (χ1) is 10.3. The average molecular weight is 330 g/mol. The Balaban J connectivity index is 3.09. The number of hydrogen-bond donors (Lipinski definition) is 3. The van der Waals surface area contributed by atoms with Crippen molar-refractivity contribution in [1.29, 1.82) is 0 Å². The number of carbonyl (C=O) groups is 1. The minimum Gasteiger partial charge on any atom is -0.478 e. The number of rotatable bonds is 9. The highest BCUT2D eigenvalue weighted by Crippen LogP contribution is 2.21. The van der Waals surface area contributed by atoms with Gasteiger partial charge in [0.15, 0.2) is 0 Å². The lowest BCUT2D eigenvalue weighted by Gasteiger charge is -2.14. The molecule has 1 atom stereocenters. The van der Waals surface area contributed by atoms with Gasteiger partial charge in [-0.1, -0.05) is 6.92 Å². The molecule has 1 aromatic carbocycles. The predicted molar refractivity (Wildman–Crippen MR) is 83.8 cm³/mol. The van der Waals surface area contributed by atoms with Gasteiger partial charge in [-0.3, -0.25) is 0 Å². The van der Waals surface area contributed by atoms with Gasteiger partial charge in [-0.2, -0.15) is 0 Å². The number of benzene rings is 1. The van der Waals surface area contributed by atoms with Crippen LogP contribution in [0.5, 0.6) is 0 Å². The van der Waals surface area contributed by atoms with E-state index in [1.54, 1.807) is 6.92 Å². The zero-order valence-electron chi connectivity index (χ0n) is 12.9. The number of nitrogens with one attached hydrogen (secondary N) is 2. The molecule has 1 aromatic rings. The third-order valence-corrected chi connectivity index (χ3v) is 4.71. The van der Waals surface area contributed by atoms with Crippen LogP contribution in [0.2, 0.25) is 0 Å². The van der Waals surface area contributed by atoms with Gasteiger partial charge >= 0.3 is 5.97 Å². The number of sulfonamides is 1. The van der Waals surface area contributed by atoms with Crippen LogP contribution in [0.25, 0.3) is 0 Å². The Labute approximate surface area is 130 Å². The molecule has 0 bridgehead atoms. The van der Waals surface area contributed by atoms with Gasteiger partial charge < -0.3 is 15.2 Å². The number of aromatic carboxylic acids is 1. The normalized spacial score (nSPS) is 12.9. The first-order valence-corrected chi connectivity index (χ1v) is 8.42. The largest absolute Gasteiger partial charge is 0.478 e. The van der Waals surface area contributed by atoms with Crippen LogP contribution in [0.15, 0.2) is 23.1 Å². The quantitative estimate of drug-likeness (QED) is 0.593. The summed E-state index contributed by atoms with van der Waals surface area (Å²) in [5, 5.41) is 12.2. The van der Waals surface area contributed by atoms with Crippen molar-refractivity contribution >= 4 is 21.7 Å². The van der Waals surface area contributed by atoms with Gasteiger partial charge in [-0.05, 0) is 31.5 Å². The van der Waals surface area contributed by atoms with Crippen molar-refractivity contribution in [3.63, 3.8) is 0 Å². The summed E-state index contributed by atoms with van der Waals surface area (Å²) in [6, 6.07) is 3.76. The van der Waals surface area contributed by atoms with Gasteiger partial charge in [0.2, 0.25) is 10.0 Å². The first-order valence-electron chi connectivity index (χ1n) is 6.94. The summed E-state index contributed by atoms with van der Waals surface area (Å²) in [6.07, 6.45) is 0.641. The predicted octanol–water partition coefficient (Wildman–Crippen LogP) is 1.52. The highest BCUT2D eigenvalue weighted by atomic mass is 32.2. The highest BCUT2D eigenvalue weighted by Gasteiger charge is 2.20. The molecule has 1 rings (SSSR count). The Kier molecular flexibility index (Phi) is 6.79. The van der Waals surface area contributed by atoms with Gasteiger partial charge in [-0.25, -0.2) is 17.9 Å². The fraction of sp³-hybridized carbons (Fsp3) is 0.500. The third-order valence-electron chi connectivity index (χ3n) is 3.12. The monoisotopic (exact) mass is 330 g/mol. The molecule has 0 amide bonds. The number of anilines is 1. The molecule has 0 saturated carbocycles. The Morgan fingerprint density at radius 1 is 1.41 bits per heavy atom. The maximum Gasteiger partial charge on any atom is 0.337 e. The second kappa shape index (κ2) is 8.11. The molecule has 22 heavy (non-hydrogen) atoms. The van der Waals surface area contributed by atoms with E-state index in [0.717, 1.165) is 6.07 Å². The molecule has 0 spiro atoms. The molecule has 0 fully saturated rings. The molecule has 0 heterocycles. The molecule has 0 unspecified atom stereocenters. The average Bonchev–Trinajstić information content (AvgIpc) is 2.46. The summed E-state index contributed by atoms with van der Waals surface area (Å²) >= 11 is 0. The molecule has 0 saturated heterocycles. The summed E-state index contributed by atoms with van der Waals surface area (Å²) < 4.78 is 31.8. The fourth-order valence-electron chi connectivity index (χ4n) is 1.73. The van der Waals surface area contributed by atoms with Crippen molar-refractivity contribution in [2.24, 2.45) is 0 Å². The van der Waals surface area contributed by atoms with Crippen LogP contribution < -0.4 is 10.0 Å². The van der Waals surface area contributed by atoms with Crippen molar-refractivity contribution in [1.82, 2.24) is 4.72 Å². The molecule has 0 aliphatic rings. The second-order valence-electron chi connectivity index (χ2n) is 4.86. The molecular weight excluding hydrogens is 308 g/mol. The van der Waals surface area contributed by atoms with Gasteiger partial charge in [0.1, 0.15) is 0 Å². The van der Waals surface area contributed by atoms with Crippen LogP contribution in [-0.4, -0.2) is 45.8 Å². The highest BCUT2D eigenvalue weighted by molar-refractivity contribution is 7.89. The zero-order chi connectivity index (χ0) is 16.8. The molecule has 0 aliphatic heterocycles. The number of hydrogen-bond acceptors (Lipinski definition) is 5. The smallest absolute Gasteiger partial charge is 0.337 e. The standard InChI is InChI=1S/C14H22N2O5S/c1-4-10(2)16-22(19,20)11-5-6-13(15-7-8-21-3)12(9-11)14(17)18/h5-6,9-10,15-16H,4,7-8H2,1-3H3,(H,17,18)/t10-/m0/s1. The maximum atomic E-state index is 12.2. The van der Waals surface area contributed by atoms with E-state index in [4.69, 9.17) is 4.74 Å². The second-order valence-corrected chi connectivity index (χ2v) is 6.58. The van der Waals surface area contributed by atoms with E-state index in [0.29, 0.717) is 25.3 Å². The Morgan fingerprint density at radius 2 is 2.09 bits per heavy atom. The Bertz CT molecular complexity index is 616. The van der Waals surface area contributed by atoms with Crippen LogP contribution in [0.3, 0.4) is 0 Å². The number of methoxy groups -OCH3 is 1. The lowest BCUT2D eigenvalue weighted by Crippen LogP contribution is -2.32. The fourth-order valence-corrected chi connectivity index (χ4v) is 3.08. The molecule has 7 nitrogen and oxygen atoms in total. The Hall–Kier alpha value is -1.64. The number of carboxylic acid groups (broad SMARTS) is 1. The summed E-state index contributed by atoms with van der Waals surface area (Å²) in [5.74, 6) is -1.19. The number of carboxylic acids is 1. The first kappa shape index (κ1) is 18.4. The van der Waals surface area contributed by atoms with E-state index < -0.39 is 16.0 Å². The topological polar surface area (TPSA) is 105 Å². The lowest BCUT2D eigenvalue weighted by atomic mass is 10.2. The van der Waals surface area contributed by atoms with Crippen LogP contribution in [0, 0.1) is 0 Å². The maximum absolute atomic E-state index is 12.2. The zero-order valence-corrected chi connectivity index (χ0v) is 13.7. The number of ether oxygens (including phenoxy) is 1. The van der Waals surface area contributed by atoms with Crippen molar-refractivity contribution in [2.75, 3.05) is 25.6 Å². The van der Waals surface area contributed by atoms with Crippen molar-refractivity contribution < 1.29 is 23.1 Å². The van der Waals surface area contributed by atoms with Gasteiger partial charge in [0, 0.05) is 25.4 Å². The van der Waals surface area contributed by atoms with Gasteiger partial charge in [0.25, 0.3) is 0 Å². The van der Waals surface area contributed by atoms with E-state index in [1.165, 1.54) is 19.2 Å². The van der Waals surface area contributed by atoms with E-state index in [-0.39, 0.29) is 16.5 Å². The van der Waals surface area contributed by atoms with Crippen LogP contribution >= 0.6 is 0 Å². The molecule has 3 N–H and O–H groups in total. The minimum atomic E-state index is -3.74. The molecule has 0 aromatic heterocycles. The SMILES string of the molecule is CC[C@H](C)NS(=O)(=O)c1ccc(NCCOC)c(C(=O)O)c1. The third kappa shape index (κ3) is 4.97. The Morgan fingerprint density at radius 3 is 2.64 bits per heavy atom. The molecule has 0 aliphatic carbocycles. The molecule has 8 heteroatoms. The van der Waals surface area contributed by atoms with E-state index in [2.05, 4.69) is 10.0 Å². The molecule has 0 radical (unpaired) electrons. The van der Waals surface area contributed by atoms with E-state index in [9.17, 15) is 18.3 Å². The summed E-state index contributed by atoms with van der Waals surface area (Å²) in [7, 11) is -2.20. The van der Waals surface area contributed by atoms with Gasteiger partial charge in [-0.15, -0.1) is 0 Å². The molecular formula is C14H22N2O5S. The molecule has 124 valence electrons. The van der Waals surface area contributed by atoms with Crippen LogP contribution in [0.4, 0.5) is 5.69 Å². The lowest BCUT2D eigenvalue weighted by molar-refractivity contribution is 0.0697. The van der Waals surface area contributed by atoms with E-state index >= 15 is 0 Å². The van der Waals surface area contributed by atoms with Gasteiger partial charge in [0.05, 0.1) is 17.1 Å². The summed E-state index contributed by atoms with van der Waals surface area (Å²) in [6.45, 7) is 4.44. The van der Waals surface area contributed by atoms with Crippen LogP contribution in [-0.2, 0) is 14.8 Å². The summed E-state index contributed by atoms with van der Waals surface area (Å²) in [4.78, 5) is 11.3. The van der Waals surface area contributed by atoms with Crippen molar-refractivity contribution in [3.05, 3.63) is 23.8 Å². The minimum absolute atomic E-state index is 0.0671. The van der Waals surface area contributed by atoms with Crippen molar-refractivity contribution in [2.45, 2.75) is 31.2 Å². The van der Waals surface area contributed by atoms with Crippen LogP contribution in [0.1, 0.15) is 30.6 Å². The van der Waals surface area contributed by atoms with Crippen molar-refractivity contribution in [3.8, 4) is 0 Å². The van der Waals surface area contributed by atoms with E-state index in [1.807, 2.05) is 6.92 Å².